The first kappa shape index (κ1) is 18.0. The summed E-state index contributed by atoms with van der Waals surface area (Å²) in [6, 6.07) is 9.70. The van der Waals surface area contributed by atoms with Gasteiger partial charge < -0.3 is 4.74 Å². The molecule has 1 atom stereocenters. The molecule has 0 radical (unpaired) electrons. The zero-order valence-corrected chi connectivity index (χ0v) is 15.3. The van der Waals surface area contributed by atoms with Crippen LogP contribution < -0.4 is 0 Å². The van der Waals surface area contributed by atoms with Gasteiger partial charge in [0.1, 0.15) is 11.6 Å². The van der Waals surface area contributed by atoms with Crippen molar-refractivity contribution in [3.05, 3.63) is 63.7 Å². The number of carbonyl (C=O) groups excluding carboxylic acids is 3. The molecule has 1 aliphatic heterocycles. The van der Waals surface area contributed by atoms with Gasteiger partial charge in [-0.1, -0.05) is 17.7 Å². The highest BCUT2D eigenvalue weighted by atomic mass is 35.5. The minimum Gasteiger partial charge on any atom is -0.465 e. The Balaban J connectivity index is 2.17. The van der Waals surface area contributed by atoms with Gasteiger partial charge in [0.25, 0.3) is 0 Å². The molecule has 2 aromatic carbocycles. The second-order valence-electron chi connectivity index (χ2n) is 6.14. The van der Waals surface area contributed by atoms with Crippen molar-refractivity contribution in [2.24, 2.45) is 10.9 Å². The predicted octanol–water partition coefficient (Wildman–Crippen LogP) is 3.90. The minimum atomic E-state index is -1.34. The van der Waals surface area contributed by atoms with Gasteiger partial charge in [0.15, 0.2) is 11.6 Å². The van der Waals surface area contributed by atoms with Crippen LogP contribution in [0.15, 0.2) is 41.4 Å². The smallest absolute Gasteiger partial charge is 0.353 e. The summed E-state index contributed by atoms with van der Waals surface area (Å²) in [5, 5.41) is 0.468. The monoisotopic (exact) mass is 369 g/mol. The van der Waals surface area contributed by atoms with E-state index in [9.17, 15) is 14.4 Å². The molecular formula is C20H16ClNO4. The average Bonchev–Trinajstić information content (AvgIpc) is 2.61. The molecule has 0 saturated heterocycles. The number of hydrogen-bond donors (Lipinski definition) is 0. The van der Waals surface area contributed by atoms with Crippen molar-refractivity contribution < 1.29 is 19.1 Å². The summed E-state index contributed by atoms with van der Waals surface area (Å²) in [5.41, 5.74) is 2.45. The fraction of sp³-hybridized carbons (Fsp3) is 0.200. The third-order valence-electron chi connectivity index (χ3n) is 4.26. The zero-order chi connectivity index (χ0) is 19.0. The quantitative estimate of drug-likeness (QED) is 0.467. The number of ether oxygens (including phenoxy) is 1. The third kappa shape index (κ3) is 3.06. The molecule has 5 nitrogen and oxygen atoms in total. The van der Waals surface area contributed by atoms with E-state index in [4.69, 9.17) is 16.3 Å². The number of aryl methyl sites for hydroxylation is 2. The standard InChI is InChI=1S/C20H16ClNO4/c1-10-8-11(2)16-14(9-10)19(24)15(17(22-16)20(25)26-3)18(23)12-4-6-13(21)7-5-12/h4-9,15H,1-3H3. The number of rotatable bonds is 3. The number of hydrogen-bond acceptors (Lipinski definition) is 5. The second-order valence-corrected chi connectivity index (χ2v) is 6.57. The normalized spacial score (nSPS) is 15.9. The van der Waals surface area contributed by atoms with E-state index in [1.54, 1.807) is 25.1 Å². The van der Waals surface area contributed by atoms with Crippen molar-refractivity contribution in [2.45, 2.75) is 13.8 Å². The number of nitrogens with zero attached hydrogens (tertiary/aromatic N) is 1. The Morgan fingerprint density at radius 2 is 1.77 bits per heavy atom. The Kier molecular flexibility index (Phi) is 4.74. The number of esters is 1. The predicted molar refractivity (Wildman–Crippen MR) is 98.6 cm³/mol. The fourth-order valence-corrected chi connectivity index (χ4v) is 3.18. The van der Waals surface area contributed by atoms with Gasteiger partial charge in [0.05, 0.1) is 12.8 Å². The number of carbonyl (C=O) groups is 3. The van der Waals surface area contributed by atoms with Crippen molar-refractivity contribution in [1.82, 2.24) is 0 Å². The molecule has 0 bridgehead atoms. The number of ketones is 2. The van der Waals surface area contributed by atoms with Crippen LogP contribution >= 0.6 is 11.6 Å². The molecule has 0 N–H and O–H groups in total. The van der Waals surface area contributed by atoms with Crippen molar-refractivity contribution in [1.29, 1.82) is 0 Å². The number of fused-ring (bicyclic) bond motifs is 1. The van der Waals surface area contributed by atoms with Crippen LogP contribution in [0.25, 0.3) is 0 Å². The van der Waals surface area contributed by atoms with E-state index >= 15 is 0 Å². The van der Waals surface area contributed by atoms with Gasteiger partial charge in [-0.15, -0.1) is 0 Å². The minimum absolute atomic E-state index is 0.197. The van der Waals surface area contributed by atoms with Crippen LogP contribution in [0.5, 0.6) is 0 Å². The van der Waals surface area contributed by atoms with E-state index in [0.29, 0.717) is 16.3 Å². The lowest BCUT2D eigenvalue weighted by molar-refractivity contribution is -0.133. The first-order chi connectivity index (χ1) is 12.3. The van der Waals surface area contributed by atoms with Crippen molar-refractivity contribution in [3.63, 3.8) is 0 Å². The third-order valence-corrected chi connectivity index (χ3v) is 4.52. The maximum absolute atomic E-state index is 13.1. The van der Waals surface area contributed by atoms with Gasteiger partial charge in [-0.25, -0.2) is 9.79 Å². The molecule has 0 fully saturated rings. The van der Waals surface area contributed by atoms with Crippen molar-refractivity contribution in [2.75, 3.05) is 7.11 Å². The molecule has 6 heteroatoms. The lowest BCUT2D eigenvalue weighted by Crippen LogP contribution is -2.39. The number of benzene rings is 2. The van der Waals surface area contributed by atoms with Crippen molar-refractivity contribution in [3.8, 4) is 0 Å². The van der Waals surface area contributed by atoms with Crippen LogP contribution in [0.1, 0.15) is 31.8 Å². The highest BCUT2D eigenvalue weighted by Gasteiger charge is 2.41. The molecule has 1 aliphatic rings. The largest absolute Gasteiger partial charge is 0.465 e. The van der Waals surface area contributed by atoms with Gasteiger partial charge in [0, 0.05) is 16.1 Å². The highest BCUT2D eigenvalue weighted by molar-refractivity contribution is 6.50. The number of halogens is 1. The summed E-state index contributed by atoms with van der Waals surface area (Å²) in [6.45, 7) is 3.66. The molecule has 0 saturated carbocycles. The Morgan fingerprint density at radius 3 is 2.38 bits per heavy atom. The Bertz CT molecular complexity index is 961. The van der Waals surface area contributed by atoms with Gasteiger partial charge in [0.2, 0.25) is 0 Å². The lowest BCUT2D eigenvalue weighted by atomic mass is 9.82. The van der Waals surface area contributed by atoms with Crippen LogP contribution in [0.2, 0.25) is 5.02 Å². The fourth-order valence-electron chi connectivity index (χ4n) is 3.05. The van der Waals surface area contributed by atoms with E-state index in [1.165, 1.54) is 19.2 Å². The molecule has 0 aromatic heterocycles. The van der Waals surface area contributed by atoms with Gasteiger partial charge in [-0.05, 0) is 55.3 Å². The Labute approximate surface area is 155 Å². The average molecular weight is 370 g/mol. The lowest BCUT2D eigenvalue weighted by Gasteiger charge is -2.23. The van der Waals surface area contributed by atoms with Crippen LogP contribution in [-0.4, -0.2) is 30.4 Å². The molecule has 26 heavy (non-hydrogen) atoms. The van der Waals surface area contributed by atoms with Crippen LogP contribution in [0.3, 0.4) is 0 Å². The SMILES string of the molecule is COC(=O)C1=Nc2c(C)cc(C)cc2C(=O)C1C(=O)c1ccc(Cl)cc1. The summed E-state index contributed by atoms with van der Waals surface area (Å²) >= 11 is 5.86. The first-order valence-corrected chi connectivity index (χ1v) is 8.33. The summed E-state index contributed by atoms with van der Waals surface area (Å²) in [4.78, 5) is 42.6. The molecule has 132 valence electrons. The molecule has 3 rings (SSSR count). The second kappa shape index (κ2) is 6.84. The maximum atomic E-state index is 13.1. The van der Waals surface area contributed by atoms with Gasteiger partial charge >= 0.3 is 5.97 Å². The molecule has 2 aromatic rings. The molecule has 1 heterocycles. The van der Waals surface area contributed by atoms with Crippen LogP contribution in [0.4, 0.5) is 5.69 Å². The number of methoxy groups -OCH3 is 1. The van der Waals surface area contributed by atoms with E-state index < -0.39 is 23.5 Å². The molecule has 1 unspecified atom stereocenters. The highest BCUT2D eigenvalue weighted by Crippen LogP contribution is 2.34. The summed E-state index contributed by atoms with van der Waals surface area (Å²) in [7, 11) is 1.19. The maximum Gasteiger partial charge on any atom is 0.353 e. The van der Waals surface area contributed by atoms with E-state index in [1.807, 2.05) is 13.0 Å². The zero-order valence-electron chi connectivity index (χ0n) is 14.5. The Hall–Kier alpha value is -2.79. The van der Waals surface area contributed by atoms with E-state index in [0.717, 1.165) is 11.1 Å². The van der Waals surface area contributed by atoms with Crippen molar-refractivity contribution >= 4 is 40.5 Å². The Morgan fingerprint density at radius 1 is 1.12 bits per heavy atom. The first-order valence-electron chi connectivity index (χ1n) is 7.95. The van der Waals surface area contributed by atoms with E-state index in [-0.39, 0.29) is 11.3 Å². The van der Waals surface area contributed by atoms with Crippen LogP contribution in [0, 0.1) is 19.8 Å². The van der Waals surface area contributed by atoms with Gasteiger partial charge in [-0.2, -0.15) is 0 Å². The molecule has 0 amide bonds. The number of Topliss-reactive ketones (excluding diaryl/α,β-unsaturated/α-hetero) is 2. The number of aliphatic imine (C=N–C) groups is 1. The molecule has 0 spiro atoms. The molecule has 0 aliphatic carbocycles. The summed E-state index contributed by atoms with van der Waals surface area (Å²) < 4.78 is 4.76. The van der Waals surface area contributed by atoms with E-state index in [2.05, 4.69) is 4.99 Å². The van der Waals surface area contributed by atoms with Crippen LogP contribution in [-0.2, 0) is 9.53 Å². The summed E-state index contributed by atoms with van der Waals surface area (Å²) in [6.07, 6.45) is 0. The molecular weight excluding hydrogens is 354 g/mol. The summed E-state index contributed by atoms with van der Waals surface area (Å²) in [5.74, 6) is -3.10. The van der Waals surface area contributed by atoms with Gasteiger partial charge in [-0.3, -0.25) is 9.59 Å². The topological polar surface area (TPSA) is 72.8 Å².